The van der Waals surface area contributed by atoms with Gasteiger partial charge in [-0.15, -0.1) is 11.3 Å². The minimum Gasteiger partial charge on any atom is -0.350 e. The summed E-state index contributed by atoms with van der Waals surface area (Å²) in [7, 11) is 0. The van der Waals surface area contributed by atoms with Crippen LogP contribution in [0.4, 0.5) is 5.69 Å². The van der Waals surface area contributed by atoms with Crippen molar-refractivity contribution >= 4 is 34.6 Å². The highest BCUT2D eigenvalue weighted by Crippen LogP contribution is 2.30. The first kappa shape index (κ1) is 25.1. The first-order valence-corrected chi connectivity index (χ1v) is 12.6. The molecule has 1 atom stereocenters. The van der Waals surface area contributed by atoms with Crippen LogP contribution in [0.3, 0.4) is 0 Å². The number of thiophene rings is 1. The molecule has 0 saturated heterocycles. The molecular formula is C30H28N2O3S. The Balaban J connectivity index is 1.74. The second-order valence-corrected chi connectivity index (χ2v) is 9.67. The zero-order chi connectivity index (χ0) is 25.5. The Morgan fingerprint density at radius 2 is 1.56 bits per heavy atom. The van der Waals surface area contributed by atoms with E-state index in [4.69, 9.17) is 0 Å². The van der Waals surface area contributed by atoms with Gasteiger partial charge >= 0.3 is 0 Å². The lowest BCUT2D eigenvalue weighted by Crippen LogP contribution is -2.44. The molecule has 0 aliphatic rings. The van der Waals surface area contributed by atoms with Crippen LogP contribution in [0.25, 0.3) is 0 Å². The quantitative estimate of drug-likeness (QED) is 0.294. The molecule has 36 heavy (non-hydrogen) atoms. The molecule has 0 saturated carbocycles. The fourth-order valence-electron chi connectivity index (χ4n) is 3.99. The maximum Gasteiger partial charge on any atom is 0.248 e. The van der Waals surface area contributed by atoms with Gasteiger partial charge in [0, 0.05) is 22.7 Å². The number of anilines is 1. The van der Waals surface area contributed by atoms with Gasteiger partial charge in [0.05, 0.1) is 6.42 Å². The number of amides is 2. The summed E-state index contributed by atoms with van der Waals surface area (Å²) in [5.41, 5.74) is 3.84. The molecule has 1 N–H and O–H groups in total. The van der Waals surface area contributed by atoms with E-state index in [1.54, 1.807) is 29.2 Å². The predicted octanol–water partition coefficient (Wildman–Crippen LogP) is 5.89. The Hall–Kier alpha value is -4.03. The molecule has 182 valence electrons. The van der Waals surface area contributed by atoms with Crippen LogP contribution in [0.2, 0.25) is 0 Å². The molecule has 1 aromatic heterocycles. The number of rotatable bonds is 9. The normalized spacial score (nSPS) is 11.5. The zero-order valence-corrected chi connectivity index (χ0v) is 21.1. The summed E-state index contributed by atoms with van der Waals surface area (Å²) in [5.74, 6) is -0.542. The third-order valence-electron chi connectivity index (χ3n) is 5.94. The lowest BCUT2D eigenvalue weighted by Gasteiger charge is -2.32. The topological polar surface area (TPSA) is 66.5 Å². The molecule has 0 aliphatic heterocycles. The molecule has 1 heterocycles. The number of carbonyl (C=O) groups excluding carboxylic acids is 3. The fourth-order valence-corrected chi connectivity index (χ4v) is 4.69. The van der Waals surface area contributed by atoms with Gasteiger partial charge in [-0.2, -0.15) is 0 Å². The van der Waals surface area contributed by atoms with Crippen molar-refractivity contribution in [3.63, 3.8) is 0 Å². The number of ketones is 1. The van der Waals surface area contributed by atoms with Gasteiger partial charge in [0.15, 0.2) is 5.78 Å². The Bertz CT molecular complexity index is 1320. The van der Waals surface area contributed by atoms with Crippen LogP contribution in [0, 0.1) is 6.92 Å². The van der Waals surface area contributed by atoms with Crippen LogP contribution in [0.15, 0.2) is 96.4 Å². The van der Waals surface area contributed by atoms with E-state index in [1.807, 2.05) is 79.0 Å². The molecule has 0 bridgehead atoms. The van der Waals surface area contributed by atoms with Gasteiger partial charge in [-0.3, -0.25) is 19.3 Å². The fraction of sp³-hybridized carbons (Fsp3) is 0.167. The SMILES string of the molecule is CC(=O)c1ccc(N(C(=O)Cc2cccs2)[C@H](C(=O)NCc2ccccc2)c2ccc(C)cc2)cc1. The van der Waals surface area contributed by atoms with Crippen molar-refractivity contribution in [2.24, 2.45) is 0 Å². The van der Waals surface area contributed by atoms with Crippen LogP contribution in [0.5, 0.6) is 0 Å². The van der Waals surface area contributed by atoms with Crippen LogP contribution in [-0.4, -0.2) is 17.6 Å². The maximum atomic E-state index is 13.8. The number of Topliss-reactive ketones (excluding diaryl/α,β-unsaturated/α-hetero) is 1. The van der Waals surface area contributed by atoms with E-state index in [9.17, 15) is 14.4 Å². The number of benzene rings is 3. The Morgan fingerprint density at radius 1 is 0.861 bits per heavy atom. The van der Waals surface area contributed by atoms with Gasteiger partial charge in [0.2, 0.25) is 11.8 Å². The van der Waals surface area contributed by atoms with Crippen molar-refractivity contribution in [3.8, 4) is 0 Å². The minimum atomic E-state index is -0.884. The second-order valence-electron chi connectivity index (χ2n) is 8.64. The van der Waals surface area contributed by atoms with Gasteiger partial charge in [-0.25, -0.2) is 0 Å². The molecule has 5 nitrogen and oxygen atoms in total. The maximum absolute atomic E-state index is 13.8. The van der Waals surface area contributed by atoms with Crippen LogP contribution in [-0.2, 0) is 22.6 Å². The number of hydrogen-bond acceptors (Lipinski definition) is 4. The Labute approximate surface area is 215 Å². The summed E-state index contributed by atoms with van der Waals surface area (Å²) < 4.78 is 0. The second kappa shape index (κ2) is 11.6. The van der Waals surface area contributed by atoms with Crippen molar-refractivity contribution in [2.75, 3.05) is 4.90 Å². The van der Waals surface area contributed by atoms with Gasteiger partial charge in [-0.1, -0.05) is 66.2 Å². The first-order valence-electron chi connectivity index (χ1n) is 11.8. The summed E-state index contributed by atoms with van der Waals surface area (Å²) in [5, 5.41) is 4.95. The predicted molar refractivity (Wildman–Crippen MR) is 144 cm³/mol. The van der Waals surface area contributed by atoms with Gasteiger partial charge in [-0.05, 0) is 60.7 Å². The summed E-state index contributed by atoms with van der Waals surface area (Å²) in [4.78, 5) is 41.8. The number of nitrogens with one attached hydrogen (secondary N) is 1. The standard InChI is InChI=1S/C30H28N2O3S/c1-21-10-12-25(13-11-21)29(30(35)31-20-23-7-4-3-5-8-23)32(28(34)19-27-9-6-18-36-27)26-16-14-24(15-17-26)22(2)33/h3-18,29H,19-20H2,1-2H3,(H,31,35)/t29-/m0/s1. The third-order valence-corrected chi connectivity index (χ3v) is 6.81. The molecule has 0 fully saturated rings. The average molecular weight is 497 g/mol. The number of hydrogen-bond donors (Lipinski definition) is 1. The van der Waals surface area contributed by atoms with E-state index < -0.39 is 6.04 Å². The highest BCUT2D eigenvalue weighted by Gasteiger charge is 2.33. The average Bonchev–Trinajstić information content (AvgIpc) is 3.40. The summed E-state index contributed by atoms with van der Waals surface area (Å²) in [6.45, 7) is 3.83. The molecule has 2 amide bonds. The van der Waals surface area contributed by atoms with E-state index in [-0.39, 0.29) is 24.0 Å². The number of nitrogens with zero attached hydrogens (tertiary/aromatic N) is 1. The molecule has 4 rings (SSSR count). The van der Waals surface area contributed by atoms with E-state index >= 15 is 0 Å². The lowest BCUT2D eigenvalue weighted by atomic mass is 10.0. The largest absolute Gasteiger partial charge is 0.350 e. The van der Waals surface area contributed by atoms with Crippen LogP contribution < -0.4 is 10.2 Å². The molecule has 0 radical (unpaired) electrons. The zero-order valence-electron chi connectivity index (χ0n) is 20.3. The first-order chi connectivity index (χ1) is 17.4. The summed E-state index contributed by atoms with van der Waals surface area (Å²) in [6, 6.07) is 27.1. The highest BCUT2D eigenvalue weighted by molar-refractivity contribution is 7.10. The van der Waals surface area contributed by atoms with Crippen LogP contribution in [0.1, 0.15) is 44.9 Å². The summed E-state index contributed by atoms with van der Waals surface area (Å²) in [6.07, 6.45) is 0.167. The van der Waals surface area contributed by atoms with Crippen molar-refractivity contribution in [3.05, 3.63) is 124 Å². The van der Waals surface area contributed by atoms with E-state index in [2.05, 4.69) is 5.32 Å². The van der Waals surface area contributed by atoms with Gasteiger partial charge in [0.1, 0.15) is 6.04 Å². The van der Waals surface area contributed by atoms with Crippen molar-refractivity contribution in [1.82, 2.24) is 5.32 Å². The van der Waals surface area contributed by atoms with Crippen molar-refractivity contribution in [1.29, 1.82) is 0 Å². The number of aryl methyl sites for hydroxylation is 1. The molecular weight excluding hydrogens is 468 g/mol. The lowest BCUT2D eigenvalue weighted by molar-refractivity contribution is -0.126. The number of carbonyl (C=O) groups is 3. The van der Waals surface area contributed by atoms with E-state index in [0.717, 1.165) is 16.0 Å². The monoisotopic (exact) mass is 496 g/mol. The van der Waals surface area contributed by atoms with Crippen molar-refractivity contribution in [2.45, 2.75) is 32.9 Å². The third kappa shape index (κ3) is 6.15. The van der Waals surface area contributed by atoms with Crippen LogP contribution >= 0.6 is 11.3 Å². The molecule has 0 aliphatic carbocycles. The van der Waals surface area contributed by atoms with Crippen molar-refractivity contribution < 1.29 is 14.4 Å². The van der Waals surface area contributed by atoms with E-state index in [1.165, 1.54) is 18.3 Å². The summed E-state index contributed by atoms with van der Waals surface area (Å²) >= 11 is 1.50. The molecule has 0 unspecified atom stereocenters. The smallest absolute Gasteiger partial charge is 0.248 e. The molecule has 3 aromatic carbocycles. The van der Waals surface area contributed by atoms with E-state index in [0.29, 0.717) is 23.4 Å². The van der Waals surface area contributed by atoms with Gasteiger partial charge < -0.3 is 5.32 Å². The Kier molecular flexibility index (Phi) is 8.08. The molecule has 6 heteroatoms. The Morgan fingerprint density at radius 3 is 2.17 bits per heavy atom. The highest BCUT2D eigenvalue weighted by atomic mass is 32.1. The van der Waals surface area contributed by atoms with Gasteiger partial charge in [0.25, 0.3) is 0 Å². The molecule has 0 spiro atoms. The minimum absolute atomic E-state index is 0.0614. The molecule has 4 aromatic rings.